The number of carbonyl (C=O) groups is 1. The topological polar surface area (TPSA) is 55.8 Å². The van der Waals surface area contributed by atoms with Crippen LogP contribution >= 0.6 is 11.6 Å². The Bertz CT molecular complexity index is 551. The van der Waals surface area contributed by atoms with Crippen LogP contribution in [0.2, 0.25) is 5.02 Å². The van der Waals surface area contributed by atoms with Gasteiger partial charge in [0, 0.05) is 12.0 Å². The Hall–Kier alpha value is -1.42. The zero-order chi connectivity index (χ0) is 15.1. The third kappa shape index (κ3) is 2.57. The molecule has 4 nitrogen and oxygen atoms in total. The first kappa shape index (κ1) is 15.0. The van der Waals surface area contributed by atoms with Crippen molar-refractivity contribution in [2.24, 2.45) is 5.41 Å². The van der Waals surface area contributed by atoms with E-state index in [0.29, 0.717) is 29.4 Å². The van der Waals surface area contributed by atoms with Gasteiger partial charge in [0.1, 0.15) is 6.10 Å². The number of aliphatic carboxylic acids is 1. The molecule has 1 aliphatic rings. The average Bonchev–Trinajstić information content (AvgIpc) is 2.74. The third-order valence-electron chi connectivity index (χ3n) is 3.59. The molecule has 0 saturated carbocycles. The SMILES string of the molecule is COc1cc(CC(C)(C)C(=O)O)c(Cl)c2c1OC(C)C2. The smallest absolute Gasteiger partial charge is 0.309 e. The summed E-state index contributed by atoms with van der Waals surface area (Å²) >= 11 is 6.43. The molecule has 0 spiro atoms. The van der Waals surface area contributed by atoms with Crippen molar-refractivity contribution in [1.82, 2.24) is 0 Å². The van der Waals surface area contributed by atoms with Crippen molar-refractivity contribution < 1.29 is 19.4 Å². The molecule has 20 heavy (non-hydrogen) atoms. The zero-order valence-electron chi connectivity index (χ0n) is 12.1. The van der Waals surface area contributed by atoms with Crippen LogP contribution in [-0.4, -0.2) is 24.3 Å². The normalized spacial score (nSPS) is 17.6. The van der Waals surface area contributed by atoms with E-state index in [-0.39, 0.29) is 6.10 Å². The van der Waals surface area contributed by atoms with Crippen LogP contribution in [0.25, 0.3) is 0 Å². The molecule has 1 N–H and O–H groups in total. The molecule has 1 aromatic rings. The maximum Gasteiger partial charge on any atom is 0.309 e. The van der Waals surface area contributed by atoms with Crippen molar-refractivity contribution >= 4 is 17.6 Å². The highest BCUT2D eigenvalue weighted by Crippen LogP contribution is 2.45. The minimum Gasteiger partial charge on any atom is -0.493 e. The summed E-state index contributed by atoms with van der Waals surface area (Å²) in [6.45, 7) is 5.34. The van der Waals surface area contributed by atoms with Crippen LogP contribution in [0, 0.1) is 5.41 Å². The van der Waals surface area contributed by atoms with Gasteiger partial charge in [0.05, 0.1) is 17.5 Å². The summed E-state index contributed by atoms with van der Waals surface area (Å²) in [5.41, 5.74) is 0.815. The Kier molecular flexibility index (Phi) is 3.87. The fourth-order valence-electron chi connectivity index (χ4n) is 2.40. The first-order valence-electron chi connectivity index (χ1n) is 6.54. The number of methoxy groups -OCH3 is 1. The second-order valence-electron chi connectivity index (χ2n) is 5.86. The van der Waals surface area contributed by atoms with E-state index in [1.165, 1.54) is 0 Å². The molecule has 1 atom stereocenters. The molecule has 5 heteroatoms. The monoisotopic (exact) mass is 298 g/mol. The lowest BCUT2D eigenvalue weighted by Gasteiger charge is -2.21. The lowest BCUT2D eigenvalue weighted by atomic mass is 9.85. The quantitative estimate of drug-likeness (QED) is 0.926. The molecule has 2 rings (SSSR count). The van der Waals surface area contributed by atoms with Gasteiger partial charge < -0.3 is 14.6 Å². The van der Waals surface area contributed by atoms with E-state index in [1.807, 2.05) is 6.92 Å². The largest absolute Gasteiger partial charge is 0.493 e. The number of hydrogen-bond donors (Lipinski definition) is 1. The van der Waals surface area contributed by atoms with Crippen LogP contribution in [0.15, 0.2) is 6.07 Å². The van der Waals surface area contributed by atoms with Crippen LogP contribution in [0.4, 0.5) is 0 Å². The summed E-state index contributed by atoms with van der Waals surface area (Å²) in [6, 6.07) is 1.78. The number of ether oxygens (including phenoxy) is 2. The fourth-order valence-corrected chi connectivity index (χ4v) is 2.69. The number of carboxylic acids is 1. The Morgan fingerprint density at radius 1 is 1.60 bits per heavy atom. The summed E-state index contributed by atoms with van der Waals surface area (Å²) in [5.74, 6) is 0.449. The number of fused-ring (bicyclic) bond motifs is 1. The molecule has 1 unspecified atom stereocenters. The predicted molar refractivity (Wildman–Crippen MR) is 76.9 cm³/mol. The van der Waals surface area contributed by atoms with E-state index in [4.69, 9.17) is 21.1 Å². The standard InChI is InChI=1S/C15H19ClO4/c1-8-5-10-12(16)9(7-15(2,3)14(17)18)6-11(19-4)13(10)20-8/h6,8H,5,7H2,1-4H3,(H,17,18). The number of halogens is 1. The van der Waals surface area contributed by atoms with Gasteiger partial charge in [0.25, 0.3) is 0 Å². The summed E-state index contributed by atoms with van der Waals surface area (Å²) in [5, 5.41) is 9.85. The van der Waals surface area contributed by atoms with Crippen LogP contribution in [0.3, 0.4) is 0 Å². The van der Waals surface area contributed by atoms with Crippen molar-refractivity contribution in [2.75, 3.05) is 7.11 Å². The van der Waals surface area contributed by atoms with E-state index < -0.39 is 11.4 Å². The molecule has 110 valence electrons. The van der Waals surface area contributed by atoms with Gasteiger partial charge in [-0.1, -0.05) is 11.6 Å². The molecule has 0 aliphatic carbocycles. The van der Waals surface area contributed by atoms with E-state index in [2.05, 4.69) is 0 Å². The van der Waals surface area contributed by atoms with Crippen molar-refractivity contribution in [1.29, 1.82) is 0 Å². The number of hydrogen-bond acceptors (Lipinski definition) is 3. The van der Waals surface area contributed by atoms with Crippen molar-refractivity contribution in [3.63, 3.8) is 0 Å². The summed E-state index contributed by atoms with van der Waals surface area (Å²) in [7, 11) is 1.57. The first-order valence-corrected chi connectivity index (χ1v) is 6.92. The minimum absolute atomic E-state index is 0.0548. The lowest BCUT2D eigenvalue weighted by Crippen LogP contribution is -2.26. The Morgan fingerprint density at radius 3 is 2.80 bits per heavy atom. The van der Waals surface area contributed by atoms with Crippen LogP contribution in [0.5, 0.6) is 11.5 Å². The molecule has 0 aromatic heterocycles. The molecule has 0 radical (unpaired) electrons. The van der Waals surface area contributed by atoms with Gasteiger partial charge in [-0.25, -0.2) is 0 Å². The van der Waals surface area contributed by atoms with E-state index in [0.717, 1.165) is 11.1 Å². The summed E-state index contributed by atoms with van der Waals surface area (Å²) in [6.07, 6.45) is 1.12. The molecule has 1 aliphatic heterocycles. The highest BCUT2D eigenvalue weighted by molar-refractivity contribution is 6.32. The Morgan fingerprint density at radius 2 is 2.25 bits per heavy atom. The molecule has 1 heterocycles. The van der Waals surface area contributed by atoms with Gasteiger partial charge in [-0.2, -0.15) is 0 Å². The Balaban J connectivity index is 2.46. The molecular formula is C15H19ClO4. The van der Waals surface area contributed by atoms with Gasteiger partial charge >= 0.3 is 5.97 Å². The predicted octanol–water partition coefficient (Wildman–Crippen LogP) is 3.33. The molecule has 0 bridgehead atoms. The van der Waals surface area contributed by atoms with Crippen molar-refractivity contribution in [3.05, 3.63) is 22.2 Å². The third-order valence-corrected chi connectivity index (χ3v) is 4.06. The van der Waals surface area contributed by atoms with Gasteiger partial charge in [-0.05, 0) is 38.8 Å². The second kappa shape index (κ2) is 5.17. The van der Waals surface area contributed by atoms with Crippen molar-refractivity contribution in [2.45, 2.75) is 39.7 Å². The molecule has 0 amide bonds. The van der Waals surface area contributed by atoms with Crippen LogP contribution < -0.4 is 9.47 Å². The lowest BCUT2D eigenvalue weighted by molar-refractivity contribution is -0.146. The Labute approximate surface area is 123 Å². The highest BCUT2D eigenvalue weighted by atomic mass is 35.5. The first-order chi connectivity index (χ1) is 9.26. The molecule has 1 aromatic carbocycles. The van der Waals surface area contributed by atoms with E-state index in [9.17, 15) is 9.90 Å². The average molecular weight is 299 g/mol. The molecule has 0 saturated heterocycles. The van der Waals surface area contributed by atoms with E-state index in [1.54, 1.807) is 27.0 Å². The summed E-state index contributed by atoms with van der Waals surface area (Å²) in [4.78, 5) is 11.3. The fraction of sp³-hybridized carbons (Fsp3) is 0.533. The van der Waals surface area contributed by atoms with Gasteiger partial charge in [0.2, 0.25) is 0 Å². The number of rotatable bonds is 4. The summed E-state index contributed by atoms with van der Waals surface area (Å²) < 4.78 is 11.1. The maximum absolute atomic E-state index is 11.3. The molecular weight excluding hydrogens is 280 g/mol. The molecule has 0 fully saturated rings. The van der Waals surface area contributed by atoms with E-state index >= 15 is 0 Å². The second-order valence-corrected chi connectivity index (χ2v) is 6.24. The van der Waals surface area contributed by atoms with Crippen LogP contribution in [0.1, 0.15) is 31.9 Å². The van der Waals surface area contributed by atoms with Crippen molar-refractivity contribution in [3.8, 4) is 11.5 Å². The maximum atomic E-state index is 11.3. The zero-order valence-corrected chi connectivity index (χ0v) is 12.9. The van der Waals surface area contributed by atoms with Gasteiger partial charge in [0.15, 0.2) is 11.5 Å². The number of carboxylic acid groups (broad SMARTS) is 1. The minimum atomic E-state index is -0.881. The highest BCUT2D eigenvalue weighted by Gasteiger charge is 2.32. The van der Waals surface area contributed by atoms with Gasteiger partial charge in [-0.3, -0.25) is 4.79 Å². The van der Waals surface area contributed by atoms with Gasteiger partial charge in [-0.15, -0.1) is 0 Å². The number of benzene rings is 1. The van der Waals surface area contributed by atoms with Crippen LogP contribution in [-0.2, 0) is 17.6 Å².